The molecule has 0 N–H and O–H groups in total. The molecule has 0 bridgehead atoms. The number of rotatable bonds is 6. The Labute approximate surface area is 322 Å². The third-order valence-electron chi connectivity index (χ3n) is 10.7. The van der Waals surface area contributed by atoms with Crippen LogP contribution in [0, 0.1) is 0 Å². The maximum atomic E-state index is 6.88. The van der Waals surface area contributed by atoms with Crippen LogP contribution in [-0.4, -0.2) is 19.5 Å². The lowest BCUT2D eigenvalue weighted by molar-refractivity contribution is 0.669. The molecule has 0 unspecified atom stereocenters. The predicted molar refractivity (Wildman–Crippen MR) is 229 cm³/mol. The molecule has 0 saturated heterocycles. The van der Waals surface area contributed by atoms with E-state index in [9.17, 15) is 0 Å². The highest BCUT2D eigenvalue weighted by molar-refractivity contribution is 6.18. The van der Waals surface area contributed by atoms with Gasteiger partial charge in [0.2, 0.25) is 0 Å². The Morgan fingerprint density at radius 2 is 0.821 bits per heavy atom. The Balaban J connectivity index is 1.21. The highest BCUT2D eigenvalue weighted by Gasteiger charge is 2.23. The first kappa shape index (κ1) is 31.9. The van der Waals surface area contributed by atoms with E-state index in [2.05, 4.69) is 120 Å². The molecule has 262 valence electrons. The van der Waals surface area contributed by atoms with Crippen molar-refractivity contribution in [1.82, 2.24) is 19.5 Å². The van der Waals surface area contributed by atoms with E-state index in [1.165, 1.54) is 21.9 Å². The summed E-state index contributed by atoms with van der Waals surface area (Å²) in [5.41, 5.74) is 12.1. The smallest absolute Gasteiger partial charge is 0.164 e. The van der Waals surface area contributed by atoms with Gasteiger partial charge >= 0.3 is 0 Å². The molecule has 5 heteroatoms. The van der Waals surface area contributed by atoms with Gasteiger partial charge in [0, 0.05) is 32.8 Å². The first-order valence-electron chi connectivity index (χ1n) is 18.8. The van der Waals surface area contributed by atoms with Crippen molar-refractivity contribution >= 4 is 43.7 Å². The van der Waals surface area contributed by atoms with Crippen LogP contribution in [0.3, 0.4) is 0 Å². The molecule has 0 saturated carbocycles. The molecule has 0 aliphatic rings. The summed E-state index contributed by atoms with van der Waals surface area (Å²) in [4.78, 5) is 15.3. The zero-order valence-electron chi connectivity index (χ0n) is 30.2. The molecule has 0 atom stereocenters. The van der Waals surface area contributed by atoms with Crippen molar-refractivity contribution < 1.29 is 4.42 Å². The molecule has 3 heterocycles. The number of aromatic nitrogens is 4. The van der Waals surface area contributed by atoms with Gasteiger partial charge in [-0.05, 0) is 52.6 Å². The highest BCUT2D eigenvalue weighted by Crippen LogP contribution is 2.44. The normalized spacial score (nSPS) is 11.6. The van der Waals surface area contributed by atoms with Gasteiger partial charge in [-0.15, -0.1) is 0 Å². The number of hydrogen-bond acceptors (Lipinski definition) is 4. The third kappa shape index (κ3) is 5.29. The molecule has 0 aliphatic heterocycles. The molecule has 0 fully saturated rings. The number of nitrogens with zero attached hydrogens (tertiary/aromatic N) is 4. The Kier molecular flexibility index (Phi) is 7.42. The average molecular weight is 717 g/mol. The summed E-state index contributed by atoms with van der Waals surface area (Å²) in [7, 11) is 0. The SMILES string of the molecule is c1ccc(-c2ccc(-c3cc(-n4c5ccccc5c5ccccc54)c4c(c3)oc3cccc(-c5nc(-c6ccccc6)nc(-c6ccccc6)n5)c34)cc2)cc1. The highest BCUT2D eigenvalue weighted by atomic mass is 16.3. The first-order valence-corrected chi connectivity index (χ1v) is 18.8. The standard InChI is InChI=1S/C51H32N4O/c1-4-15-33(16-5-1)34-27-29-35(30-28-34)38-31-44(55-42-24-12-10-21-39(42)40-22-11-13-25-43(40)55)48-46(32-38)56-45-26-14-23-41(47(45)48)51-53-49(36-17-6-2-7-18-36)52-50(54-51)37-19-8-3-9-20-37/h1-32H. The van der Waals surface area contributed by atoms with E-state index in [-0.39, 0.29) is 0 Å². The Morgan fingerprint density at radius 1 is 0.339 bits per heavy atom. The number of para-hydroxylation sites is 2. The van der Waals surface area contributed by atoms with Gasteiger partial charge < -0.3 is 8.98 Å². The second kappa shape index (κ2) is 13.0. The number of fused-ring (bicyclic) bond motifs is 6. The van der Waals surface area contributed by atoms with Gasteiger partial charge in [-0.1, -0.05) is 164 Å². The fourth-order valence-corrected chi connectivity index (χ4v) is 8.05. The van der Waals surface area contributed by atoms with Gasteiger partial charge in [0.1, 0.15) is 11.2 Å². The van der Waals surface area contributed by atoms with Crippen LogP contribution in [0.2, 0.25) is 0 Å². The molecule has 0 aliphatic carbocycles. The summed E-state index contributed by atoms with van der Waals surface area (Å²) in [5, 5.41) is 4.34. The van der Waals surface area contributed by atoms with Crippen LogP contribution < -0.4 is 0 Å². The Hall–Kier alpha value is -7.63. The fourth-order valence-electron chi connectivity index (χ4n) is 8.05. The van der Waals surface area contributed by atoms with E-state index < -0.39 is 0 Å². The number of benzene rings is 8. The fraction of sp³-hybridized carbons (Fsp3) is 0. The monoisotopic (exact) mass is 716 g/mol. The summed E-state index contributed by atoms with van der Waals surface area (Å²) >= 11 is 0. The maximum Gasteiger partial charge on any atom is 0.164 e. The molecule has 11 aromatic rings. The predicted octanol–water partition coefficient (Wildman–Crippen LogP) is 13.2. The molecule has 0 radical (unpaired) electrons. The van der Waals surface area contributed by atoms with E-state index in [0.717, 1.165) is 66.5 Å². The van der Waals surface area contributed by atoms with Crippen LogP contribution in [0.5, 0.6) is 0 Å². The first-order chi connectivity index (χ1) is 27.8. The van der Waals surface area contributed by atoms with E-state index in [0.29, 0.717) is 17.5 Å². The van der Waals surface area contributed by atoms with E-state index in [1.807, 2.05) is 78.9 Å². The summed E-state index contributed by atoms with van der Waals surface area (Å²) in [6, 6.07) is 67.4. The van der Waals surface area contributed by atoms with Crippen LogP contribution >= 0.6 is 0 Å². The molecule has 11 rings (SSSR count). The summed E-state index contributed by atoms with van der Waals surface area (Å²) in [6.07, 6.45) is 0. The number of furan rings is 1. The van der Waals surface area contributed by atoms with Crippen LogP contribution in [0.25, 0.3) is 106 Å². The summed E-state index contributed by atoms with van der Waals surface area (Å²) < 4.78 is 9.27. The molecular formula is C51H32N4O. The third-order valence-corrected chi connectivity index (χ3v) is 10.7. The second-order valence-electron chi connectivity index (χ2n) is 14.0. The van der Waals surface area contributed by atoms with Crippen molar-refractivity contribution in [2.24, 2.45) is 0 Å². The number of hydrogen-bond donors (Lipinski definition) is 0. The zero-order chi connectivity index (χ0) is 37.0. The molecule has 56 heavy (non-hydrogen) atoms. The van der Waals surface area contributed by atoms with Gasteiger partial charge in [-0.2, -0.15) is 0 Å². The minimum absolute atomic E-state index is 0.583. The topological polar surface area (TPSA) is 56.7 Å². The largest absolute Gasteiger partial charge is 0.456 e. The van der Waals surface area contributed by atoms with Gasteiger partial charge in [0.05, 0.1) is 22.1 Å². The van der Waals surface area contributed by atoms with Crippen LogP contribution in [0.15, 0.2) is 199 Å². The molecular weight excluding hydrogens is 685 g/mol. The van der Waals surface area contributed by atoms with Crippen molar-refractivity contribution in [3.63, 3.8) is 0 Å². The quantitative estimate of drug-likeness (QED) is 0.172. The van der Waals surface area contributed by atoms with Crippen molar-refractivity contribution in [2.45, 2.75) is 0 Å². The Morgan fingerprint density at radius 3 is 1.41 bits per heavy atom. The minimum Gasteiger partial charge on any atom is -0.456 e. The van der Waals surface area contributed by atoms with Crippen LogP contribution in [0.1, 0.15) is 0 Å². The minimum atomic E-state index is 0.583. The van der Waals surface area contributed by atoms with Crippen molar-refractivity contribution in [1.29, 1.82) is 0 Å². The Bertz CT molecular complexity index is 3110. The molecule has 5 nitrogen and oxygen atoms in total. The van der Waals surface area contributed by atoms with E-state index >= 15 is 0 Å². The second-order valence-corrected chi connectivity index (χ2v) is 14.0. The maximum absolute atomic E-state index is 6.88. The van der Waals surface area contributed by atoms with Crippen LogP contribution in [-0.2, 0) is 0 Å². The van der Waals surface area contributed by atoms with Crippen molar-refractivity contribution in [3.8, 4) is 62.1 Å². The van der Waals surface area contributed by atoms with E-state index in [1.54, 1.807) is 0 Å². The lowest BCUT2D eigenvalue weighted by Crippen LogP contribution is -2.00. The van der Waals surface area contributed by atoms with Crippen molar-refractivity contribution in [3.05, 3.63) is 194 Å². The molecule has 0 amide bonds. The van der Waals surface area contributed by atoms with Gasteiger partial charge in [-0.25, -0.2) is 15.0 Å². The van der Waals surface area contributed by atoms with Gasteiger partial charge in [0.25, 0.3) is 0 Å². The molecule has 0 spiro atoms. The lowest BCUT2D eigenvalue weighted by Gasteiger charge is -2.14. The molecule has 8 aromatic carbocycles. The van der Waals surface area contributed by atoms with Crippen LogP contribution in [0.4, 0.5) is 0 Å². The lowest BCUT2D eigenvalue weighted by atomic mass is 9.97. The summed E-state index contributed by atoms with van der Waals surface area (Å²) in [5.74, 6) is 1.81. The average Bonchev–Trinajstić information content (AvgIpc) is 3.83. The van der Waals surface area contributed by atoms with E-state index in [4.69, 9.17) is 19.4 Å². The zero-order valence-corrected chi connectivity index (χ0v) is 30.2. The summed E-state index contributed by atoms with van der Waals surface area (Å²) in [6.45, 7) is 0. The van der Waals surface area contributed by atoms with Gasteiger partial charge in [0.15, 0.2) is 17.5 Å². The molecule has 3 aromatic heterocycles. The van der Waals surface area contributed by atoms with Gasteiger partial charge in [-0.3, -0.25) is 0 Å². The van der Waals surface area contributed by atoms with Crippen molar-refractivity contribution in [2.75, 3.05) is 0 Å².